The summed E-state index contributed by atoms with van der Waals surface area (Å²) in [5.74, 6) is 1.19. The number of ether oxygens (including phenoxy) is 1. The van der Waals surface area contributed by atoms with Gasteiger partial charge in [0.2, 0.25) is 0 Å². The predicted molar refractivity (Wildman–Crippen MR) is 75.9 cm³/mol. The van der Waals surface area contributed by atoms with Crippen LogP contribution in [0.25, 0.3) is 17.2 Å². The van der Waals surface area contributed by atoms with E-state index in [0.29, 0.717) is 11.6 Å². The molecule has 6 nitrogen and oxygen atoms in total. The van der Waals surface area contributed by atoms with E-state index in [4.69, 9.17) is 10.00 Å². The highest BCUT2D eigenvalue weighted by Crippen LogP contribution is 2.24. The molecule has 0 unspecified atom stereocenters. The zero-order chi connectivity index (χ0) is 14.7. The van der Waals surface area contributed by atoms with Gasteiger partial charge in [0.1, 0.15) is 11.8 Å². The van der Waals surface area contributed by atoms with Gasteiger partial charge in [-0.15, -0.1) is 0 Å². The van der Waals surface area contributed by atoms with Crippen LogP contribution >= 0.6 is 0 Å². The van der Waals surface area contributed by atoms with E-state index in [9.17, 15) is 0 Å². The van der Waals surface area contributed by atoms with Gasteiger partial charge >= 0.3 is 0 Å². The zero-order valence-corrected chi connectivity index (χ0v) is 11.3. The van der Waals surface area contributed by atoms with E-state index < -0.39 is 0 Å². The van der Waals surface area contributed by atoms with E-state index in [1.165, 1.54) is 0 Å². The molecular formula is C15H11N5O. The maximum absolute atomic E-state index is 9.06. The molecule has 2 heterocycles. The summed E-state index contributed by atoms with van der Waals surface area (Å²) in [6, 6.07) is 13.0. The zero-order valence-electron chi connectivity index (χ0n) is 11.3. The summed E-state index contributed by atoms with van der Waals surface area (Å²) in [6.45, 7) is 0. The molecule has 2 aromatic heterocycles. The van der Waals surface area contributed by atoms with E-state index >= 15 is 0 Å². The van der Waals surface area contributed by atoms with Crippen LogP contribution in [0.5, 0.6) is 5.75 Å². The average molecular weight is 277 g/mol. The van der Waals surface area contributed by atoms with Crippen LogP contribution in [-0.2, 0) is 0 Å². The van der Waals surface area contributed by atoms with Crippen LogP contribution < -0.4 is 4.74 Å². The summed E-state index contributed by atoms with van der Waals surface area (Å²) in [5.41, 5.74) is 1.96. The Balaban J connectivity index is 2.13. The molecule has 0 saturated heterocycles. The Kier molecular flexibility index (Phi) is 3.31. The normalized spacial score (nSPS) is 10.1. The van der Waals surface area contributed by atoms with Crippen LogP contribution in [0.2, 0.25) is 0 Å². The van der Waals surface area contributed by atoms with E-state index in [2.05, 4.69) is 15.1 Å². The molecule has 0 atom stereocenters. The highest BCUT2D eigenvalue weighted by atomic mass is 16.5. The Bertz CT molecular complexity index is 787. The minimum atomic E-state index is 0.313. The summed E-state index contributed by atoms with van der Waals surface area (Å²) in [4.78, 5) is 8.34. The van der Waals surface area contributed by atoms with Gasteiger partial charge in [-0.3, -0.25) is 0 Å². The second-order valence-corrected chi connectivity index (χ2v) is 4.22. The molecule has 0 aliphatic carbocycles. The lowest BCUT2D eigenvalue weighted by Gasteiger charge is -2.06. The van der Waals surface area contributed by atoms with E-state index in [-0.39, 0.29) is 0 Å². The molecule has 6 heteroatoms. The van der Waals surface area contributed by atoms with Crippen molar-refractivity contribution in [3.05, 3.63) is 54.5 Å². The van der Waals surface area contributed by atoms with Gasteiger partial charge < -0.3 is 4.74 Å². The summed E-state index contributed by atoms with van der Waals surface area (Å²) in [7, 11) is 1.62. The summed E-state index contributed by atoms with van der Waals surface area (Å²) in [6.07, 6.45) is 3.27. The van der Waals surface area contributed by atoms with Crippen molar-refractivity contribution in [2.45, 2.75) is 0 Å². The van der Waals surface area contributed by atoms with Crippen LogP contribution in [0.4, 0.5) is 0 Å². The molecule has 0 N–H and O–H groups in total. The molecule has 21 heavy (non-hydrogen) atoms. The van der Waals surface area contributed by atoms with Gasteiger partial charge in [-0.25, -0.2) is 9.97 Å². The minimum absolute atomic E-state index is 0.313. The number of rotatable bonds is 3. The van der Waals surface area contributed by atoms with Crippen molar-refractivity contribution in [2.24, 2.45) is 0 Å². The lowest BCUT2D eigenvalue weighted by atomic mass is 10.1. The first-order valence-corrected chi connectivity index (χ1v) is 6.24. The largest absolute Gasteiger partial charge is 0.497 e. The molecule has 0 aliphatic heterocycles. The lowest BCUT2D eigenvalue weighted by Crippen LogP contribution is -2.04. The number of hydrogen-bond donors (Lipinski definition) is 0. The van der Waals surface area contributed by atoms with Crippen LogP contribution in [0.1, 0.15) is 5.69 Å². The highest BCUT2D eigenvalue weighted by Gasteiger charge is 2.13. The van der Waals surface area contributed by atoms with Gasteiger partial charge in [0.25, 0.3) is 5.95 Å². The molecule has 102 valence electrons. The van der Waals surface area contributed by atoms with Crippen LogP contribution in [0, 0.1) is 11.3 Å². The number of benzene rings is 1. The molecule has 0 amide bonds. The number of aromatic nitrogens is 4. The Labute approximate surface area is 121 Å². The number of hydrogen-bond acceptors (Lipinski definition) is 5. The Morgan fingerprint density at radius 3 is 2.48 bits per heavy atom. The van der Waals surface area contributed by atoms with Gasteiger partial charge in [-0.2, -0.15) is 15.0 Å². The highest BCUT2D eigenvalue weighted by molar-refractivity contribution is 5.63. The van der Waals surface area contributed by atoms with Gasteiger partial charge in [0.15, 0.2) is 5.69 Å². The maximum atomic E-state index is 9.06. The van der Waals surface area contributed by atoms with Crippen molar-refractivity contribution in [1.82, 2.24) is 19.7 Å². The van der Waals surface area contributed by atoms with Crippen molar-refractivity contribution in [3.63, 3.8) is 0 Å². The van der Waals surface area contributed by atoms with Gasteiger partial charge in [-0.05, 0) is 30.3 Å². The third-order valence-corrected chi connectivity index (χ3v) is 2.95. The fourth-order valence-electron chi connectivity index (χ4n) is 1.96. The quantitative estimate of drug-likeness (QED) is 0.733. The van der Waals surface area contributed by atoms with Crippen molar-refractivity contribution in [2.75, 3.05) is 7.11 Å². The Morgan fingerprint density at radius 1 is 1.14 bits per heavy atom. The minimum Gasteiger partial charge on any atom is -0.497 e. The third-order valence-electron chi connectivity index (χ3n) is 2.95. The maximum Gasteiger partial charge on any atom is 0.251 e. The van der Waals surface area contributed by atoms with E-state index in [1.807, 2.05) is 30.3 Å². The van der Waals surface area contributed by atoms with Crippen molar-refractivity contribution >= 4 is 0 Å². The summed E-state index contributed by atoms with van der Waals surface area (Å²) < 4.78 is 6.70. The fraction of sp³-hybridized carbons (Fsp3) is 0.0667. The van der Waals surface area contributed by atoms with Crippen molar-refractivity contribution in [1.29, 1.82) is 5.26 Å². The molecule has 3 aromatic rings. The second-order valence-electron chi connectivity index (χ2n) is 4.22. The van der Waals surface area contributed by atoms with Crippen LogP contribution in [0.15, 0.2) is 48.8 Å². The molecular weight excluding hydrogens is 266 g/mol. The number of nitrogens with zero attached hydrogens (tertiary/aromatic N) is 5. The molecule has 0 spiro atoms. The van der Waals surface area contributed by atoms with E-state index in [0.717, 1.165) is 17.0 Å². The first-order chi connectivity index (χ1) is 10.3. The number of methoxy groups -OCH3 is 1. The van der Waals surface area contributed by atoms with Gasteiger partial charge in [0.05, 0.1) is 12.8 Å². The predicted octanol–water partition coefficient (Wildman–Crippen LogP) is 2.21. The molecule has 0 saturated carbocycles. The Hall–Kier alpha value is -3.20. The smallest absolute Gasteiger partial charge is 0.251 e. The third kappa shape index (κ3) is 2.44. The molecule has 0 radical (unpaired) electrons. The second kappa shape index (κ2) is 5.43. The van der Waals surface area contributed by atoms with Crippen molar-refractivity contribution < 1.29 is 4.74 Å². The Morgan fingerprint density at radius 2 is 1.86 bits per heavy atom. The molecule has 0 bridgehead atoms. The lowest BCUT2D eigenvalue weighted by molar-refractivity contribution is 0.415. The summed E-state index contributed by atoms with van der Waals surface area (Å²) in [5, 5.41) is 13.3. The van der Waals surface area contributed by atoms with Crippen LogP contribution in [-0.4, -0.2) is 26.9 Å². The van der Waals surface area contributed by atoms with Gasteiger partial charge in [-0.1, -0.05) is 0 Å². The fourth-order valence-corrected chi connectivity index (χ4v) is 1.96. The summed E-state index contributed by atoms with van der Waals surface area (Å²) >= 11 is 0. The molecule has 0 aliphatic rings. The molecule has 1 aromatic carbocycles. The number of nitriles is 1. The van der Waals surface area contributed by atoms with Crippen LogP contribution in [0.3, 0.4) is 0 Å². The average Bonchev–Trinajstić information content (AvgIpc) is 3.00. The molecule has 0 fully saturated rings. The monoisotopic (exact) mass is 277 g/mol. The topological polar surface area (TPSA) is 76.6 Å². The van der Waals surface area contributed by atoms with Crippen molar-refractivity contribution in [3.8, 4) is 29.0 Å². The van der Waals surface area contributed by atoms with Gasteiger partial charge in [0, 0.05) is 24.0 Å². The SMILES string of the molecule is COc1ccc(-c2cc(C#N)nn2-c2ncccn2)cc1. The first-order valence-electron chi connectivity index (χ1n) is 6.24. The molecule has 3 rings (SSSR count). The first kappa shape index (κ1) is 12.8. The van der Waals surface area contributed by atoms with E-state index in [1.54, 1.807) is 36.3 Å². The standard InChI is InChI=1S/C15H11N5O/c1-21-13-5-3-11(4-6-13)14-9-12(10-16)19-20(14)15-17-7-2-8-18-15/h2-9H,1H3.